The maximum atomic E-state index is 3.46. The van der Waals surface area contributed by atoms with Crippen LogP contribution in [0.4, 0.5) is 17.1 Å². The van der Waals surface area contributed by atoms with E-state index in [-0.39, 0.29) is 0 Å². The number of rotatable bonds is 39. The van der Waals surface area contributed by atoms with Crippen LogP contribution in [0.5, 0.6) is 0 Å². The molecular formula is C79H125N9S4+4. The number of aryl methyl sites for hydroxylation is 2. The van der Waals surface area contributed by atoms with Gasteiger partial charge < -0.3 is 29.0 Å². The molecule has 0 saturated carbocycles. The van der Waals surface area contributed by atoms with Gasteiger partial charge >= 0.3 is 0 Å². The second kappa shape index (κ2) is 52.1. The molecular weight excluding hydrogens is 1200 g/mol. The number of aromatic nitrogens is 2. The number of pyridine rings is 2. The predicted octanol–water partition coefficient (Wildman–Crippen LogP) is 17.1. The van der Waals surface area contributed by atoms with Crippen LogP contribution in [0.2, 0.25) is 0 Å². The fourth-order valence-electron chi connectivity index (χ4n) is 9.65. The van der Waals surface area contributed by atoms with Crippen LogP contribution < -0.4 is 28.7 Å². The molecule has 3 heterocycles. The molecule has 1 aliphatic heterocycles. The summed E-state index contributed by atoms with van der Waals surface area (Å²) in [5, 5.41) is 0. The zero-order chi connectivity index (χ0) is 67.6. The van der Waals surface area contributed by atoms with E-state index >= 15 is 0 Å². The highest BCUT2D eigenvalue weighted by Crippen LogP contribution is 2.24. The molecule has 1 N–H and O–H groups in total. The van der Waals surface area contributed by atoms with Crippen LogP contribution in [0, 0.1) is 0 Å². The summed E-state index contributed by atoms with van der Waals surface area (Å²) in [6.07, 6.45) is 37.9. The first-order valence-corrected chi connectivity index (χ1v) is 39.3. The molecule has 1 aliphatic rings. The van der Waals surface area contributed by atoms with E-state index < -0.39 is 0 Å². The molecule has 0 aliphatic carbocycles. The zero-order valence-electron chi connectivity index (χ0n) is 60.2. The Morgan fingerprint density at radius 3 is 1.39 bits per heavy atom. The van der Waals surface area contributed by atoms with Crippen molar-refractivity contribution < 1.29 is 18.5 Å². The van der Waals surface area contributed by atoms with Crippen LogP contribution in [-0.4, -0.2) is 152 Å². The Morgan fingerprint density at radius 2 is 0.946 bits per heavy atom. The molecule has 6 rings (SSSR count). The normalized spacial score (nSPS) is 12.8. The van der Waals surface area contributed by atoms with Gasteiger partial charge in [0, 0.05) is 149 Å². The molecule has 13 heteroatoms. The third-order valence-electron chi connectivity index (χ3n) is 15.4. The first-order valence-electron chi connectivity index (χ1n) is 34.3. The first kappa shape index (κ1) is 82.9. The van der Waals surface area contributed by atoms with Crippen molar-refractivity contribution in [2.75, 3.05) is 152 Å². The lowest BCUT2D eigenvalue weighted by atomic mass is 10.1. The molecule has 0 fully saturated rings. The Hall–Kier alpha value is -5.22. The van der Waals surface area contributed by atoms with Gasteiger partial charge in [0.15, 0.2) is 18.6 Å². The highest BCUT2D eigenvalue weighted by atomic mass is 33.1. The Morgan fingerprint density at radius 1 is 0.489 bits per heavy atom. The van der Waals surface area contributed by atoms with E-state index in [1.54, 1.807) is 6.08 Å². The molecule has 0 spiro atoms. The van der Waals surface area contributed by atoms with E-state index in [4.69, 9.17) is 0 Å². The number of benzene rings is 3. The number of hydrogen-bond acceptors (Lipinski definition) is 9. The molecule has 506 valence electrons. The summed E-state index contributed by atoms with van der Waals surface area (Å²) >= 11 is 0. The largest absolute Gasteiger partial charge is 0.375 e. The fourth-order valence-corrected chi connectivity index (χ4v) is 14.0. The van der Waals surface area contributed by atoms with Gasteiger partial charge in [-0.25, -0.2) is 4.57 Å². The van der Waals surface area contributed by atoms with Gasteiger partial charge in [-0.2, -0.15) is 4.57 Å². The Bertz CT molecular complexity index is 2830. The van der Waals surface area contributed by atoms with Gasteiger partial charge in [-0.15, -0.1) is 0 Å². The predicted molar refractivity (Wildman–Crippen MR) is 423 cm³/mol. The van der Waals surface area contributed by atoms with E-state index in [1.807, 2.05) is 89.9 Å². The molecule has 1 unspecified atom stereocenters. The number of quaternary nitrogens is 2. The lowest BCUT2D eigenvalue weighted by Crippen LogP contribution is -3.01. The SMILES string of the molecule is C=C/C=C/C.CC.CC.CCCSSCCC[N+](C)(C)CCCN(C)c1ccc(/C=C/c2cccc[n+]2CC)cc1.CC[n+]1ccc(/C=C/c2ccc(N(C)CCCN(C)CCSSCCN(C)CCCN(C)c3ccc(/C=C/C4=C[NH+](CC)C=C4)cc3)cc2)cc1. The van der Waals surface area contributed by atoms with Gasteiger partial charge in [0.1, 0.15) is 19.3 Å². The van der Waals surface area contributed by atoms with Crippen molar-refractivity contribution in [3.05, 3.63) is 205 Å². The maximum absolute atomic E-state index is 3.46. The van der Waals surface area contributed by atoms with E-state index in [0.29, 0.717) is 0 Å². The van der Waals surface area contributed by atoms with E-state index in [1.165, 1.54) is 117 Å². The summed E-state index contributed by atoms with van der Waals surface area (Å²) in [4.78, 5) is 13.5. The van der Waals surface area contributed by atoms with Crippen LogP contribution in [0.1, 0.15) is 122 Å². The number of allylic oxidation sites excluding steroid dienone is 6. The average molecular weight is 1330 g/mol. The number of nitrogens with one attached hydrogen (secondary N) is 1. The van der Waals surface area contributed by atoms with Crippen molar-refractivity contribution in [1.29, 1.82) is 0 Å². The van der Waals surface area contributed by atoms with Crippen molar-refractivity contribution >= 4 is 90.6 Å². The van der Waals surface area contributed by atoms with Crippen molar-refractivity contribution in [3.8, 4) is 0 Å². The van der Waals surface area contributed by atoms with Gasteiger partial charge in [-0.1, -0.05) is 157 Å². The number of nitrogens with zero attached hydrogens (tertiary/aromatic N) is 8. The van der Waals surface area contributed by atoms with Gasteiger partial charge in [0.05, 0.1) is 39.9 Å². The van der Waals surface area contributed by atoms with E-state index in [2.05, 4.69) is 294 Å². The van der Waals surface area contributed by atoms with Crippen molar-refractivity contribution in [2.24, 2.45) is 0 Å². The van der Waals surface area contributed by atoms with Crippen LogP contribution in [0.3, 0.4) is 0 Å². The van der Waals surface area contributed by atoms with E-state index in [9.17, 15) is 0 Å². The summed E-state index contributed by atoms with van der Waals surface area (Å²) < 4.78 is 5.55. The van der Waals surface area contributed by atoms with E-state index in [0.717, 1.165) is 76.4 Å². The lowest BCUT2D eigenvalue weighted by Gasteiger charge is -2.31. The average Bonchev–Trinajstić information content (AvgIpc) is 2.41. The molecule has 0 radical (unpaired) electrons. The summed E-state index contributed by atoms with van der Waals surface area (Å²) in [7, 11) is 24.0. The fraction of sp³-hybridized carbons (Fsp3) is 0.468. The van der Waals surface area contributed by atoms with Crippen molar-refractivity contribution in [1.82, 2.24) is 9.80 Å². The van der Waals surface area contributed by atoms with Gasteiger partial charge in [0.2, 0.25) is 5.69 Å². The molecule has 3 aromatic carbocycles. The maximum Gasteiger partial charge on any atom is 0.205 e. The van der Waals surface area contributed by atoms with Crippen molar-refractivity contribution in [2.45, 2.75) is 108 Å². The zero-order valence-corrected chi connectivity index (χ0v) is 63.5. The summed E-state index contributed by atoms with van der Waals surface area (Å²) in [5.74, 6) is 4.89. The Labute approximate surface area is 579 Å². The van der Waals surface area contributed by atoms with Crippen molar-refractivity contribution in [3.63, 3.8) is 0 Å². The quantitative estimate of drug-likeness (QED) is 0.0136. The molecule has 9 nitrogen and oxygen atoms in total. The number of hydrogen-bond donors (Lipinski definition) is 1. The monoisotopic (exact) mass is 1330 g/mol. The standard InChI is InChI=1S/C43H61N6S2.C27H43N3S2.C5H8.2C2H6/c1-7-48-30-23-40(24-31-48)12-11-38-15-19-42(20-16-38)46(5)28-9-26-44(3)33-35-50-51-36-34-45(4)27-10-29-47(6)43-21-17-39(18-22-43)13-14-41-25-32-49(8-2)37-41;1-6-23-31-32-24-11-22-30(4,5)21-10-19-28(3)26-16-13-25(14-17-26)15-18-27-12-8-9-20-29(27)7-2;1-3-5-4-2;2*1-2/h11-25,30-32,37H,7-10,26-29,33-36H2,1-6H3;8-9,12-18,20H,6-7,10-11,19,21-24H2,1-5H3;3-5H,1H2,2H3;2*1-2H3/q+1;+2;;;/p+1/b14-13+;;5-4+;;. The smallest absolute Gasteiger partial charge is 0.205 e. The second-order valence-corrected chi connectivity index (χ2v) is 28.7. The minimum absolute atomic E-state index is 0.983. The molecule has 0 amide bonds. The van der Waals surface area contributed by atoms with Crippen LogP contribution in [-0.2, 0) is 13.1 Å². The number of anilines is 3. The third kappa shape index (κ3) is 37.0. The van der Waals surface area contributed by atoms with Crippen LogP contribution in [0.25, 0.3) is 30.4 Å². The summed E-state index contributed by atoms with van der Waals surface area (Å²) in [6.45, 7) is 35.5. The van der Waals surface area contributed by atoms with Gasteiger partial charge in [0.25, 0.3) is 0 Å². The molecule has 2 aromatic heterocycles. The minimum atomic E-state index is 0.983. The minimum Gasteiger partial charge on any atom is -0.375 e. The molecule has 0 bridgehead atoms. The summed E-state index contributed by atoms with van der Waals surface area (Å²) in [6, 6.07) is 37.4. The Balaban J connectivity index is 0.000000600. The molecule has 1 atom stereocenters. The summed E-state index contributed by atoms with van der Waals surface area (Å²) in [5.41, 5.74) is 11.3. The highest BCUT2D eigenvalue weighted by Gasteiger charge is 2.15. The Kier molecular flexibility index (Phi) is 46.9. The van der Waals surface area contributed by atoms with Crippen LogP contribution in [0.15, 0.2) is 177 Å². The molecule has 5 aromatic rings. The van der Waals surface area contributed by atoms with Gasteiger partial charge in [-0.05, 0) is 151 Å². The lowest BCUT2D eigenvalue weighted by molar-refractivity contribution is -0.890. The van der Waals surface area contributed by atoms with Gasteiger partial charge in [-0.3, -0.25) is 4.90 Å². The topological polar surface area (TPSA) is 28.4 Å². The first-order chi connectivity index (χ1) is 44.7. The highest BCUT2D eigenvalue weighted by molar-refractivity contribution is 8.77. The third-order valence-corrected chi connectivity index (χ3v) is 20.5. The molecule has 0 saturated heterocycles. The second-order valence-electron chi connectivity index (χ2n) is 23.3. The van der Waals surface area contributed by atoms with Crippen LogP contribution >= 0.6 is 43.2 Å². The molecule has 92 heavy (non-hydrogen) atoms.